The molecular formula is C22H21Cl4N3O4S. The number of amides is 1. The first-order valence-corrected chi connectivity index (χ1v) is 13.2. The third kappa shape index (κ3) is 4.66. The molecule has 1 aliphatic heterocycles. The summed E-state index contributed by atoms with van der Waals surface area (Å²) < 4.78 is 31.9. The topological polar surface area (TPSA) is 71.9 Å². The van der Waals surface area contributed by atoms with Crippen molar-refractivity contribution in [3.05, 3.63) is 53.2 Å². The highest BCUT2D eigenvalue weighted by Crippen LogP contribution is 2.35. The summed E-state index contributed by atoms with van der Waals surface area (Å²) in [7, 11) is -2.40. The van der Waals surface area contributed by atoms with E-state index in [2.05, 4.69) is 0 Å². The summed E-state index contributed by atoms with van der Waals surface area (Å²) in [5, 5.41) is 1.30. The van der Waals surface area contributed by atoms with Gasteiger partial charge in [-0.3, -0.25) is 4.79 Å². The molecule has 1 aromatic heterocycles. The second-order valence-corrected chi connectivity index (χ2v) is 12.4. The summed E-state index contributed by atoms with van der Waals surface area (Å²) in [6.45, 7) is 3.29. The number of benzene rings is 2. The fraction of sp³-hybridized carbons (Fsp3) is 0.318. The minimum Gasteiger partial charge on any atom is -0.495 e. The molecule has 1 fully saturated rings. The number of alkyl halides is 3. The van der Waals surface area contributed by atoms with Crippen LogP contribution < -0.4 is 9.64 Å². The van der Waals surface area contributed by atoms with E-state index in [1.165, 1.54) is 22.0 Å². The van der Waals surface area contributed by atoms with Gasteiger partial charge in [-0.2, -0.15) is 0 Å². The van der Waals surface area contributed by atoms with Gasteiger partial charge in [-0.05, 0) is 48.9 Å². The van der Waals surface area contributed by atoms with Gasteiger partial charge in [0.15, 0.2) is 0 Å². The van der Waals surface area contributed by atoms with Crippen molar-refractivity contribution in [3.8, 4) is 5.75 Å². The second-order valence-electron chi connectivity index (χ2n) is 7.89. The Labute approximate surface area is 217 Å². The van der Waals surface area contributed by atoms with E-state index >= 15 is 0 Å². The minimum atomic E-state index is -3.91. The van der Waals surface area contributed by atoms with Gasteiger partial charge in [-0.15, -0.1) is 0 Å². The van der Waals surface area contributed by atoms with Crippen molar-refractivity contribution in [3.63, 3.8) is 0 Å². The van der Waals surface area contributed by atoms with Gasteiger partial charge in [0.1, 0.15) is 5.75 Å². The number of ether oxygens (including phenoxy) is 1. The van der Waals surface area contributed by atoms with E-state index < -0.39 is 19.7 Å². The number of carbonyl (C=O) groups excluding carboxylic acids is 1. The van der Waals surface area contributed by atoms with Crippen LogP contribution in [0.5, 0.6) is 5.75 Å². The molecule has 1 amide bonds. The fourth-order valence-electron chi connectivity index (χ4n) is 4.05. The maximum absolute atomic E-state index is 13.6. The molecule has 0 aliphatic carbocycles. The number of hydrogen-bond acceptors (Lipinski definition) is 5. The van der Waals surface area contributed by atoms with Crippen LogP contribution in [0.2, 0.25) is 5.02 Å². The molecule has 34 heavy (non-hydrogen) atoms. The Hall–Kier alpha value is -1.84. The van der Waals surface area contributed by atoms with Crippen LogP contribution in [0.15, 0.2) is 47.5 Å². The molecule has 1 aliphatic rings. The van der Waals surface area contributed by atoms with Crippen molar-refractivity contribution >= 4 is 78.9 Å². The molecular weight excluding hydrogens is 544 g/mol. The van der Waals surface area contributed by atoms with Crippen LogP contribution in [0.1, 0.15) is 5.56 Å². The molecule has 0 unspecified atom stereocenters. The minimum absolute atomic E-state index is 0.106. The standard InChI is InChI=1S/C22H21Cl4N3O4S/c1-14-13-29(18-5-3-15(23)11-17(14)18)34(31,32)16-4-6-20(33-2)19(12-16)27-7-9-28(10-8-27)21(30)22(24,25)26/h3-6,11-13H,7-10H2,1-2H3. The first-order chi connectivity index (χ1) is 15.9. The van der Waals surface area contributed by atoms with Crippen molar-refractivity contribution in [2.45, 2.75) is 15.6 Å². The van der Waals surface area contributed by atoms with E-state index in [1.54, 1.807) is 36.5 Å². The molecule has 2 heterocycles. The lowest BCUT2D eigenvalue weighted by Crippen LogP contribution is -2.51. The molecule has 3 aromatic rings. The Morgan fingerprint density at radius 3 is 2.32 bits per heavy atom. The highest BCUT2D eigenvalue weighted by Gasteiger charge is 2.37. The van der Waals surface area contributed by atoms with E-state index in [-0.39, 0.29) is 4.90 Å². The average molecular weight is 565 g/mol. The Kier molecular flexibility index (Phi) is 6.92. The zero-order valence-corrected chi connectivity index (χ0v) is 22.1. The van der Waals surface area contributed by atoms with Gasteiger partial charge in [-0.1, -0.05) is 46.4 Å². The molecule has 0 bridgehead atoms. The molecule has 12 heteroatoms. The smallest absolute Gasteiger partial charge is 0.274 e. The van der Waals surface area contributed by atoms with Crippen molar-refractivity contribution in [1.82, 2.24) is 8.87 Å². The molecule has 2 aromatic carbocycles. The molecule has 7 nitrogen and oxygen atoms in total. The molecule has 0 radical (unpaired) electrons. The molecule has 0 atom stereocenters. The van der Waals surface area contributed by atoms with E-state index in [0.29, 0.717) is 48.2 Å². The number of halogens is 4. The summed E-state index contributed by atoms with van der Waals surface area (Å²) >= 11 is 23.3. The lowest BCUT2D eigenvalue weighted by Gasteiger charge is -2.37. The highest BCUT2D eigenvalue weighted by molar-refractivity contribution is 7.90. The van der Waals surface area contributed by atoms with Crippen molar-refractivity contribution in [2.24, 2.45) is 0 Å². The number of piperazine rings is 1. The molecule has 0 N–H and O–H groups in total. The molecule has 4 rings (SSSR count). The van der Waals surface area contributed by atoms with Crippen LogP contribution in [-0.2, 0) is 14.8 Å². The number of carbonyl (C=O) groups is 1. The quantitative estimate of drug-likeness (QED) is 0.423. The van der Waals surface area contributed by atoms with Crippen LogP contribution >= 0.6 is 46.4 Å². The summed E-state index contributed by atoms with van der Waals surface area (Å²) in [6.07, 6.45) is 1.58. The van der Waals surface area contributed by atoms with Crippen LogP contribution in [0.3, 0.4) is 0 Å². The lowest BCUT2D eigenvalue weighted by molar-refractivity contribution is -0.130. The van der Waals surface area contributed by atoms with E-state index in [1.807, 2.05) is 11.8 Å². The van der Waals surface area contributed by atoms with Crippen molar-refractivity contribution < 1.29 is 17.9 Å². The maximum atomic E-state index is 13.6. The first-order valence-electron chi connectivity index (χ1n) is 10.3. The number of nitrogens with zero attached hydrogens (tertiary/aromatic N) is 3. The maximum Gasteiger partial charge on any atom is 0.274 e. The second kappa shape index (κ2) is 9.32. The Morgan fingerprint density at radius 2 is 1.71 bits per heavy atom. The first kappa shape index (κ1) is 25.3. The van der Waals surface area contributed by atoms with E-state index in [9.17, 15) is 13.2 Å². The Balaban J connectivity index is 1.68. The predicted molar refractivity (Wildman–Crippen MR) is 136 cm³/mol. The summed E-state index contributed by atoms with van der Waals surface area (Å²) in [5.41, 5.74) is 1.93. The van der Waals surface area contributed by atoms with Crippen LogP contribution in [0.4, 0.5) is 5.69 Å². The van der Waals surface area contributed by atoms with Crippen LogP contribution in [0, 0.1) is 6.92 Å². The molecule has 0 saturated carbocycles. The molecule has 182 valence electrons. The lowest BCUT2D eigenvalue weighted by atomic mass is 10.2. The summed E-state index contributed by atoms with van der Waals surface area (Å²) in [4.78, 5) is 15.8. The van der Waals surface area contributed by atoms with E-state index in [0.717, 1.165) is 10.9 Å². The molecule has 0 spiro atoms. The van der Waals surface area contributed by atoms with Gasteiger partial charge >= 0.3 is 0 Å². The van der Waals surface area contributed by atoms with Gasteiger partial charge in [0, 0.05) is 42.8 Å². The number of aromatic nitrogens is 1. The van der Waals surface area contributed by atoms with Crippen molar-refractivity contribution in [1.29, 1.82) is 0 Å². The predicted octanol–water partition coefficient (Wildman–Crippen LogP) is 4.87. The van der Waals surface area contributed by atoms with Crippen LogP contribution in [0.25, 0.3) is 10.9 Å². The number of hydrogen-bond donors (Lipinski definition) is 0. The van der Waals surface area contributed by atoms with Gasteiger partial charge in [0.25, 0.3) is 19.7 Å². The highest BCUT2D eigenvalue weighted by atomic mass is 35.6. The van der Waals surface area contributed by atoms with Gasteiger partial charge in [-0.25, -0.2) is 12.4 Å². The number of anilines is 1. The number of rotatable bonds is 4. The number of fused-ring (bicyclic) bond motifs is 1. The largest absolute Gasteiger partial charge is 0.495 e. The Morgan fingerprint density at radius 1 is 1.03 bits per heavy atom. The molecule has 1 saturated heterocycles. The zero-order chi connectivity index (χ0) is 24.8. The summed E-state index contributed by atoms with van der Waals surface area (Å²) in [6, 6.07) is 9.81. The zero-order valence-electron chi connectivity index (χ0n) is 18.3. The van der Waals surface area contributed by atoms with Gasteiger partial charge in [0.05, 0.1) is 23.2 Å². The van der Waals surface area contributed by atoms with Crippen molar-refractivity contribution in [2.75, 3.05) is 38.2 Å². The van der Waals surface area contributed by atoms with Gasteiger partial charge < -0.3 is 14.5 Å². The third-order valence-corrected chi connectivity index (χ3v) is 8.18. The Bertz CT molecular complexity index is 1360. The SMILES string of the molecule is COc1ccc(S(=O)(=O)n2cc(C)c3cc(Cl)ccc32)cc1N1CCN(C(=O)C(Cl)(Cl)Cl)CC1. The average Bonchev–Trinajstić information content (AvgIpc) is 3.14. The van der Waals surface area contributed by atoms with E-state index in [4.69, 9.17) is 51.1 Å². The summed E-state index contributed by atoms with van der Waals surface area (Å²) in [5.74, 6) is -0.0733. The third-order valence-electron chi connectivity index (χ3n) is 5.79. The normalized spacial score (nSPS) is 15.1. The van der Waals surface area contributed by atoms with Crippen LogP contribution in [-0.4, -0.2) is 60.3 Å². The number of aryl methyl sites for hydroxylation is 1. The van der Waals surface area contributed by atoms with Gasteiger partial charge in [0.2, 0.25) is 0 Å². The number of methoxy groups -OCH3 is 1. The fourth-order valence-corrected chi connectivity index (χ4v) is 6.02. The monoisotopic (exact) mass is 563 g/mol.